The largest absolute Gasteiger partial charge is 0.490 e. The number of aromatic nitrogens is 2. The zero-order valence-electron chi connectivity index (χ0n) is 8.42. The van der Waals surface area contributed by atoms with Crippen molar-refractivity contribution in [2.45, 2.75) is 6.43 Å². The van der Waals surface area contributed by atoms with Crippen LogP contribution in [0.5, 0.6) is 5.75 Å². The Morgan fingerprint density at radius 1 is 1.40 bits per heavy atom. The summed E-state index contributed by atoms with van der Waals surface area (Å²) < 4.78 is 29.0. The SMILES string of the molecule is CNc1ncnc(NCC(F)F)c1OC. The van der Waals surface area contributed by atoms with Crippen molar-refractivity contribution in [2.24, 2.45) is 0 Å². The van der Waals surface area contributed by atoms with Crippen LogP contribution in [0.1, 0.15) is 0 Å². The third-order valence-electron chi connectivity index (χ3n) is 1.67. The van der Waals surface area contributed by atoms with Crippen LogP contribution in [0, 0.1) is 0 Å². The predicted molar refractivity (Wildman–Crippen MR) is 52.6 cm³/mol. The molecular weight excluding hydrogens is 206 g/mol. The Bertz CT molecular complexity index is 322. The van der Waals surface area contributed by atoms with Gasteiger partial charge in [0.25, 0.3) is 6.43 Å². The molecule has 7 heteroatoms. The number of hydrogen-bond donors (Lipinski definition) is 2. The third-order valence-corrected chi connectivity index (χ3v) is 1.67. The van der Waals surface area contributed by atoms with E-state index in [4.69, 9.17) is 4.74 Å². The van der Waals surface area contributed by atoms with Crippen molar-refractivity contribution in [3.05, 3.63) is 6.33 Å². The van der Waals surface area contributed by atoms with Crippen LogP contribution in [-0.2, 0) is 0 Å². The molecule has 0 aromatic carbocycles. The summed E-state index contributed by atoms with van der Waals surface area (Å²) in [6.45, 7) is -0.476. The van der Waals surface area contributed by atoms with Crippen molar-refractivity contribution in [1.29, 1.82) is 0 Å². The Balaban J connectivity index is 2.86. The zero-order chi connectivity index (χ0) is 11.3. The highest BCUT2D eigenvalue weighted by molar-refractivity contribution is 5.63. The van der Waals surface area contributed by atoms with Gasteiger partial charge in [0.05, 0.1) is 13.7 Å². The molecule has 1 rings (SSSR count). The first-order chi connectivity index (χ1) is 7.19. The van der Waals surface area contributed by atoms with E-state index in [0.29, 0.717) is 11.6 Å². The summed E-state index contributed by atoms with van der Waals surface area (Å²) in [6.07, 6.45) is -1.18. The number of anilines is 2. The molecule has 0 unspecified atom stereocenters. The number of nitrogens with one attached hydrogen (secondary N) is 2. The van der Waals surface area contributed by atoms with E-state index in [0.717, 1.165) is 0 Å². The van der Waals surface area contributed by atoms with Gasteiger partial charge in [0.1, 0.15) is 6.33 Å². The number of rotatable bonds is 5. The number of methoxy groups -OCH3 is 1. The van der Waals surface area contributed by atoms with Crippen molar-refractivity contribution in [1.82, 2.24) is 9.97 Å². The van der Waals surface area contributed by atoms with E-state index in [2.05, 4.69) is 20.6 Å². The minimum Gasteiger partial charge on any atom is -0.490 e. The molecular formula is C8H12F2N4O. The normalized spacial score (nSPS) is 10.2. The van der Waals surface area contributed by atoms with Crippen LogP contribution in [0.3, 0.4) is 0 Å². The number of hydrogen-bond acceptors (Lipinski definition) is 5. The van der Waals surface area contributed by atoms with Crippen LogP contribution in [0.2, 0.25) is 0 Å². The Labute approximate surface area is 85.9 Å². The van der Waals surface area contributed by atoms with Gasteiger partial charge in [-0.2, -0.15) is 0 Å². The fourth-order valence-corrected chi connectivity index (χ4v) is 1.04. The van der Waals surface area contributed by atoms with Gasteiger partial charge in [-0.3, -0.25) is 0 Å². The minimum atomic E-state index is -2.44. The average molecular weight is 218 g/mol. The quantitative estimate of drug-likeness (QED) is 0.777. The average Bonchev–Trinajstić information content (AvgIpc) is 2.25. The lowest BCUT2D eigenvalue weighted by Gasteiger charge is -2.12. The minimum absolute atomic E-state index is 0.247. The molecule has 2 N–H and O–H groups in total. The first-order valence-corrected chi connectivity index (χ1v) is 4.27. The highest BCUT2D eigenvalue weighted by Crippen LogP contribution is 2.28. The topological polar surface area (TPSA) is 59.1 Å². The Hall–Kier alpha value is -1.66. The van der Waals surface area contributed by atoms with Crippen molar-refractivity contribution < 1.29 is 13.5 Å². The highest BCUT2D eigenvalue weighted by Gasteiger charge is 2.12. The van der Waals surface area contributed by atoms with Crippen LogP contribution < -0.4 is 15.4 Å². The smallest absolute Gasteiger partial charge is 0.255 e. The molecule has 0 aliphatic carbocycles. The summed E-state index contributed by atoms with van der Waals surface area (Å²) >= 11 is 0. The van der Waals surface area contributed by atoms with Crippen molar-refractivity contribution in [2.75, 3.05) is 31.3 Å². The lowest BCUT2D eigenvalue weighted by molar-refractivity contribution is 0.163. The maximum atomic E-state index is 12.0. The van der Waals surface area contributed by atoms with E-state index in [9.17, 15) is 8.78 Å². The molecule has 0 saturated heterocycles. The predicted octanol–water partition coefficient (Wildman–Crippen LogP) is 1.20. The summed E-state index contributed by atoms with van der Waals surface area (Å²) in [5, 5.41) is 5.24. The standard InChI is InChI=1S/C8H12F2N4O/c1-11-7-6(15-2)8(14-4-13-7)12-3-5(9)10/h4-5H,3H2,1-2H3,(H2,11,12,13,14). The van der Waals surface area contributed by atoms with Crippen LogP contribution in [0.15, 0.2) is 6.33 Å². The van der Waals surface area contributed by atoms with E-state index in [1.54, 1.807) is 7.05 Å². The first kappa shape index (κ1) is 11.4. The maximum Gasteiger partial charge on any atom is 0.255 e. The molecule has 0 aliphatic rings. The van der Waals surface area contributed by atoms with Gasteiger partial charge in [-0.1, -0.05) is 0 Å². The molecule has 0 aliphatic heterocycles. The van der Waals surface area contributed by atoms with Gasteiger partial charge < -0.3 is 15.4 Å². The van der Waals surface area contributed by atoms with E-state index >= 15 is 0 Å². The van der Waals surface area contributed by atoms with Crippen LogP contribution in [-0.4, -0.2) is 37.1 Å². The fraction of sp³-hybridized carbons (Fsp3) is 0.500. The van der Waals surface area contributed by atoms with Gasteiger partial charge in [0.15, 0.2) is 11.6 Å². The Morgan fingerprint density at radius 3 is 2.60 bits per heavy atom. The van der Waals surface area contributed by atoms with Gasteiger partial charge in [-0.05, 0) is 0 Å². The van der Waals surface area contributed by atoms with Crippen LogP contribution in [0.4, 0.5) is 20.4 Å². The van der Waals surface area contributed by atoms with Gasteiger partial charge in [0, 0.05) is 7.05 Å². The summed E-state index contributed by atoms with van der Waals surface area (Å²) in [6, 6.07) is 0. The lowest BCUT2D eigenvalue weighted by Crippen LogP contribution is -2.13. The third kappa shape index (κ3) is 2.90. The number of alkyl halides is 2. The summed E-state index contributed by atoms with van der Waals surface area (Å²) in [4.78, 5) is 7.69. The van der Waals surface area contributed by atoms with E-state index in [-0.39, 0.29) is 5.82 Å². The molecule has 0 spiro atoms. The lowest BCUT2D eigenvalue weighted by atomic mass is 10.4. The summed E-state index contributed by atoms with van der Waals surface area (Å²) in [5.74, 6) is 1.02. The number of halogens is 2. The number of ether oxygens (including phenoxy) is 1. The second-order valence-electron chi connectivity index (χ2n) is 2.63. The second kappa shape index (κ2) is 5.28. The van der Waals surface area contributed by atoms with Crippen LogP contribution in [0.25, 0.3) is 0 Å². The molecule has 84 valence electrons. The first-order valence-electron chi connectivity index (χ1n) is 4.27. The van der Waals surface area contributed by atoms with E-state index in [1.165, 1.54) is 13.4 Å². The summed E-state index contributed by atoms with van der Waals surface area (Å²) in [5.41, 5.74) is 0. The molecule has 1 aromatic heterocycles. The van der Waals surface area contributed by atoms with Crippen molar-refractivity contribution >= 4 is 11.6 Å². The second-order valence-corrected chi connectivity index (χ2v) is 2.63. The number of nitrogens with zero attached hydrogens (tertiary/aromatic N) is 2. The zero-order valence-corrected chi connectivity index (χ0v) is 8.42. The molecule has 1 aromatic rings. The monoisotopic (exact) mass is 218 g/mol. The fourth-order valence-electron chi connectivity index (χ4n) is 1.04. The molecule has 5 nitrogen and oxygen atoms in total. The molecule has 1 heterocycles. The van der Waals surface area contributed by atoms with Crippen molar-refractivity contribution in [3.8, 4) is 5.75 Å². The molecule has 0 amide bonds. The molecule has 0 saturated carbocycles. The van der Waals surface area contributed by atoms with Crippen LogP contribution >= 0.6 is 0 Å². The van der Waals surface area contributed by atoms with E-state index < -0.39 is 13.0 Å². The molecule has 0 atom stereocenters. The highest BCUT2D eigenvalue weighted by atomic mass is 19.3. The van der Waals surface area contributed by atoms with Crippen molar-refractivity contribution in [3.63, 3.8) is 0 Å². The van der Waals surface area contributed by atoms with Gasteiger partial charge >= 0.3 is 0 Å². The molecule has 15 heavy (non-hydrogen) atoms. The van der Waals surface area contributed by atoms with E-state index in [1.807, 2.05) is 0 Å². The van der Waals surface area contributed by atoms with Gasteiger partial charge in [0.2, 0.25) is 5.75 Å². The molecule has 0 bridgehead atoms. The molecule has 0 radical (unpaired) electrons. The summed E-state index contributed by atoms with van der Waals surface area (Å²) in [7, 11) is 3.08. The van der Waals surface area contributed by atoms with Gasteiger partial charge in [-0.25, -0.2) is 18.7 Å². The maximum absolute atomic E-state index is 12.0. The Morgan fingerprint density at radius 2 is 2.07 bits per heavy atom. The van der Waals surface area contributed by atoms with Gasteiger partial charge in [-0.15, -0.1) is 0 Å². The molecule has 0 fully saturated rings. The Kier molecular flexibility index (Phi) is 4.02.